The normalized spacial score (nSPS) is 12.5. The van der Waals surface area contributed by atoms with Crippen molar-refractivity contribution in [2.24, 2.45) is 0 Å². The van der Waals surface area contributed by atoms with E-state index in [1.807, 2.05) is 13.0 Å². The van der Waals surface area contributed by atoms with Crippen LogP contribution < -0.4 is 10.6 Å². The molecule has 1 heterocycles. The summed E-state index contributed by atoms with van der Waals surface area (Å²) in [4.78, 5) is 10.6. The maximum Gasteiger partial charge on any atom is 0.222 e. The fourth-order valence-electron chi connectivity index (χ4n) is 1.69. The molecule has 0 radical (unpaired) electrons. The number of aryl methyl sites for hydroxylation is 1. The van der Waals surface area contributed by atoms with E-state index in [1.54, 1.807) is 7.11 Å². The lowest BCUT2D eigenvalue weighted by Gasteiger charge is -2.29. The molecule has 0 aliphatic heterocycles. The summed E-state index contributed by atoms with van der Waals surface area (Å²) in [6, 6.07) is 2.36. The molecule has 5 nitrogen and oxygen atoms in total. The van der Waals surface area contributed by atoms with Crippen molar-refractivity contribution in [3.05, 3.63) is 11.8 Å². The van der Waals surface area contributed by atoms with Crippen LogP contribution in [0.5, 0.6) is 0 Å². The highest BCUT2D eigenvalue weighted by Crippen LogP contribution is 2.17. The molecule has 0 bridgehead atoms. The number of nitrogens with two attached hydrogens (primary N) is 1. The van der Waals surface area contributed by atoms with Crippen molar-refractivity contribution in [3.8, 4) is 0 Å². The van der Waals surface area contributed by atoms with E-state index in [0.29, 0.717) is 18.6 Å². The van der Waals surface area contributed by atoms with Crippen LogP contribution in [0.2, 0.25) is 0 Å². The van der Waals surface area contributed by atoms with Gasteiger partial charge in [0.05, 0.1) is 6.61 Å². The molecule has 17 heavy (non-hydrogen) atoms. The van der Waals surface area contributed by atoms with Crippen molar-refractivity contribution in [2.45, 2.75) is 33.2 Å². The van der Waals surface area contributed by atoms with E-state index in [4.69, 9.17) is 10.5 Å². The zero-order valence-electron chi connectivity index (χ0n) is 11.1. The van der Waals surface area contributed by atoms with Gasteiger partial charge in [0, 0.05) is 31.5 Å². The number of rotatable bonds is 6. The molecular weight excluding hydrogens is 216 g/mol. The third kappa shape index (κ3) is 3.85. The Morgan fingerprint density at radius 2 is 2.18 bits per heavy atom. The van der Waals surface area contributed by atoms with E-state index in [2.05, 4.69) is 28.7 Å². The topological polar surface area (TPSA) is 64.3 Å². The molecule has 0 saturated carbocycles. The van der Waals surface area contributed by atoms with E-state index in [1.165, 1.54) is 0 Å². The van der Waals surface area contributed by atoms with E-state index in [-0.39, 0.29) is 0 Å². The number of hydrogen-bond acceptors (Lipinski definition) is 5. The lowest BCUT2D eigenvalue weighted by atomic mass is 10.2. The minimum Gasteiger partial charge on any atom is -0.383 e. The summed E-state index contributed by atoms with van der Waals surface area (Å²) in [7, 11) is 1.70. The first-order valence-electron chi connectivity index (χ1n) is 5.95. The summed E-state index contributed by atoms with van der Waals surface area (Å²) in [6.45, 7) is 7.73. The first-order chi connectivity index (χ1) is 8.08. The molecular formula is C12H22N4O. The van der Waals surface area contributed by atoms with Gasteiger partial charge in [0.1, 0.15) is 5.82 Å². The average molecular weight is 238 g/mol. The minimum atomic E-state index is 0.325. The van der Waals surface area contributed by atoms with E-state index < -0.39 is 0 Å². The van der Waals surface area contributed by atoms with Gasteiger partial charge >= 0.3 is 0 Å². The van der Waals surface area contributed by atoms with Crippen LogP contribution in [0.4, 0.5) is 11.8 Å². The molecule has 2 N–H and O–H groups in total. The van der Waals surface area contributed by atoms with Crippen LogP contribution in [-0.4, -0.2) is 36.3 Å². The van der Waals surface area contributed by atoms with Gasteiger partial charge in [-0.2, -0.15) is 4.98 Å². The Balaban J connectivity index is 2.94. The number of nitrogens with zero attached hydrogens (tertiary/aromatic N) is 3. The highest BCUT2D eigenvalue weighted by Gasteiger charge is 2.15. The van der Waals surface area contributed by atoms with Crippen molar-refractivity contribution in [2.75, 3.05) is 30.9 Å². The molecule has 1 aromatic heterocycles. The van der Waals surface area contributed by atoms with Gasteiger partial charge in [-0.1, -0.05) is 6.92 Å². The second-order valence-corrected chi connectivity index (χ2v) is 4.17. The van der Waals surface area contributed by atoms with Gasteiger partial charge in [0.15, 0.2) is 0 Å². The predicted molar refractivity (Wildman–Crippen MR) is 70.2 cm³/mol. The molecule has 1 aromatic rings. The zero-order chi connectivity index (χ0) is 12.8. The highest BCUT2D eigenvalue weighted by molar-refractivity contribution is 5.44. The van der Waals surface area contributed by atoms with E-state index in [9.17, 15) is 0 Å². The molecule has 5 heteroatoms. The predicted octanol–water partition coefficient (Wildman–Crippen LogP) is 1.62. The van der Waals surface area contributed by atoms with Crippen molar-refractivity contribution in [1.29, 1.82) is 0 Å². The fraction of sp³-hybridized carbons (Fsp3) is 0.667. The summed E-state index contributed by atoms with van der Waals surface area (Å²) in [5.41, 5.74) is 6.57. The van der Waals surface area contributed by atoms with Gasteiger partial charge in [-0.3, -0.25) is 0 Å². The Bertz CT molecular complexity index is 336. The smallest absolute Gasteiger partial charge is 0.222 e. The minimum absolute atomic E-state index is 0.325. The molecule has 1 atom stereocenters. The van der Waals surface area contributed by atoms with Crippen molar-refractivity contribution >= 4 is 11.8 Å². The lowest BCUT2D eigenvalue weighted by molar-refractivity contribution is 0.203. The van der Waals surface area contributed by atoms with Crippen LogP contribution in [-0.2, 0) is 4.74 Å². The van der Waals surface area contributed by atoms with Gasteiger partial charge in [-0.15, -0.1) is 0 Å². The van der Waals surface area contributed by atoms with E-state index >= 15 is 0 Å². The number of anilines is 2. The van der Waals surface area contributed by atoms with E-state index in [0.717, 1.165) is 24.5 Å². The van der Waals surface area contributed by atoms with Crippen LogP contribution >= 0.6 is 0 Å². The van der Waals surface area contributed by atoms with Gasteiger partial charge < -0.3 is 15.4 Å². The number of ether oxygens (including phenoxy) is 1. The Morgan fingerprint density at radius 3 is 2.71 bits per heavy atom. The van der Waals surface area contributed by atoms with Gasteiger partial charge in [-0.25, -0.2) is 4.98 Å². The molecule has 96 valence electrons. The van der Waals surface area contributed by atoms with Crippen LogP contribution in [0, 0.1) is 6.92 Å². The number of hydrogen-bond donors (Lipinski definition) is 1. The largest absolute Gasteiger partial charge is 0.383 e. The van der Waals surface area contributed by atoms with Crippen molar-refractivity contribution in [3.63, 3.8) is 0 Å². The van der Waals surface area contributed by atoms with Crippen LogP contribution in [0.15, 0.2) is 6.07 Å². The third-order valence-corrected chi connectivity index (χ3v) is 2.81. The summed E-state index contributed by atoms with van der Waals surface area (Å²) in [6.07, 6.45) is 1.05. The van der Waals surface area contributed by atoms with Crippen LogP contribution in [0.25, 0.3) is 0 Å². The summed E-state index contributed by atoms with van der Waals surface area (Å²) < 4.78 is 5.13. The Morgan fingerprint density at radius 1 is 1.47 bits per heavy atom. The zero-order valence-corrected chi connectivity index (χ0v) is 11.1. The average Bonchev–Trinajstić information content (AvgIpc) is 2.28. The quantitative estimate of drug-likeness (QED) is 0.816. The maximum atomic E-state index is 5.69. The molecule has 1 unspecified atom stereocenters. The number of nitrogen functional groups attached to an aromatic ring is 1. The first-order valence-corrected chi connectivity index (χ1v) is 5.95. The lowest BCUT2D eigenvalue weighted by Crippen LogP contribution is -2.36. The van der Waals surface area contributed by atoms with Gasteiger partial charge in [0.2, 0.25) is 5.95 Å². The molecule has 0 aliphatic carbocycles. The Hall–Kier alpha value is -1.36. The third-order valence-electron chi connectivity index (χ3n) is 2.81. The van der Waals surface area contributed by atoms with Crippen LogP contribution in [0.1, 0.15) is 26.0 Å². The number of methoxy groups -OCH3 is 1. The summed E-state index contributed by atoms with van der Waals surface area (Å²) >= 11 is 0. The summed E-state index contributed by atoms with van der Waals surface area (Å²) in [5.74, 6) is 1.20. The monoisotopic (exact) mass is 238 g/mol. The molecule has 0 fully saturated rings. The molecule has 1 rings (SSSR count). The Kier molecular flexibility index (Phi) is 5.15. The van der Waals surface area contributed by atoms with Crippen molar-refractivity contribution in [1.82, 2.24) is 9.97 Å². The standard InChI is InChI=1S/C12H22N4O/c1-5-10(3)16(6-7-17-4)11-8-9(2)14-12(13)15-11/h8,10H,5-7H2,1-4H3,(H2,13,14,15). The molecule has 0 aromatic carbocycles. The maximum absolute atomic E-state index is 5.69. The first kappa shape index (κ1) is 13.7. The second-order valence-electron chi connectivity index (χ2n) is 4.17. The molecule has 0 aliphatic rings. The molecule has 0 saturated heterocycles. The second kappa shape index (κ2) is 6.39. The van der Waals surface area contributed by atoms with Gasteiger partial charge in [-0.05, 0) is 20.3 Å². The summed E-state index contributed by atoms with van der Waals surface area (Å²) in [5, 5.41) is 0. The Labute approximate surface area is 103 Å². The SMILES string of the molecule is CCC(C)N(CCOC)c1cc(C)nc(N)n1. The van der Waals surface area contributed by atoms with Crippen LogP contribution in [0.3, 0.4) is 0 Å². The fourth-order valence-corrected chi connectivity index (χ4v) is 1.69. The highest BCUT2D eigenvalue weighted by atomic mass is 16.5. The van der Waals surface area contributed by atoms with Crippen molar-refractivity contribution < 1.29 is 4.74 Å². The number of aromatic nitrogens is 2. The van der Waals surface area contributed by atoms with Gasteiger partial charge in [0.25, 0.3) is 0 Å². The molecule has 0 spiro atoms. The molecule has 0 amide bonds.